The van der Waals surface area contributed by atoms with Gasteiger partial charge in [-0.25, -0.2) is 0 Å². The Labute approximate surface area is 164 Å². The van der Waals surface area contributed by atoms with E-state index in [9.17, 15) is 0 Å². The second kappa shape index (κ2) is 21.9. The molecule has 0 bridgehead atoms. The molecule has 0 radical (unpaired) electrons. The third-order valence-electron chi connectivity index (χ3n) is 5.00. The van der Waals surface area contributed by atoms with E-state index in [-0.39, 0.29) is 0 Å². The van der Waals surface area contributed by atoms with Gasteiger partial charge in [0.25, 0.3) is 0 Å². The topological polar surface area (TPSA) is 9.23 Å². The van der Waals surface area contributed by atoms with Crippen molar-refractivity contribution in [1.29, 1.82) is 0 Å². The SMILES string of the molecule is CCCCCCCCCCCCCCCCOC(=S)CCCCCC. The van der Waals surface area contributed by atoms with Crippen LogP contribution in [0.4, 0.5) is 0 Å². The molecule has 0 aromatic rings. The third-order valence-corrected chi connectivity index (χ3v) is 5.32. The van der Waals surface area contributed by atoms with Crippen LogP contribution >= 0.6 is 12.2 Å². The number of unbranched alkanes of at least 4 members (excludes halogenated alkanes) is 16. The van der Waals surface area contributed by atoms with E-state index in [2.05, 4.69) is 13.8 Å². The molecule has 0 N–H and O–H groups in total. The normalized spacial score (nSPS) is 11.0. The van der Waals surface area contributed by atoms with Crippen LogP contribution in [0.5, 0.6) is 0 Å². The zero-order valence-electron chi connectivity index (χ0n) is 17.5. The average Bonchev–Trinajstić information content (AvgIpc) is 2.62. The number of hydrogen-bond acceptors (Lipinski definition) is 2. The fourth-order valence-electron chi connectivity index (χ4n) is 3.25. The van der Waals surface area contributed by atoms with E-state index >= 15 is 0 Å². The van der Waals surface area contributed by atoms with Gasteiger partial charge in [-0.2, -0.15) is 0 Å². The standard InChI is InChI=1S/C23H46OS/c1-3-5-7-9-10-11-12-13-14-15-16-17-18-20-22-24-23(25)21-19-8-6-4-2/h3-22H2,1-2H3. The largest absolute Gasteiger partial charge is 0.487 e. The van der Waals surface area contributed by atoms with Crippen molar-refractivity contribution in [2.75, 3.05) is 6.61 Å². The van der Waals surface area contributed by atoms with Crippen LogP contribution in [0.15, 0.2) is 0 Å². The summed E-state index contributed by atoms with van der Waals surface area (Å²) in [4.78, 5) is 0. The molecule has 0 saturated heterocycles. The smallest absolute Gasteiger partial charge is 0.159 e. The Bertz CT molecular complexity index is 265. The second-order valence-corrected chi connectivity index (χ2v) is 8.08. The molecule has 0 rings (SSSR count). The van der Waals surface area contributed by atoms with Gasteiger partial charge in [-0.3, -0.25) is 0 Å². The molecule has 0 saturated carbocycles. The van der Waals surface area contributed by atoms with Gasteiger partial charge < -0.3 is 4.74 Å². The highest BCUT2D eigenvalue weighted by molar-refractivity contribution is 7.80. The molecule has 0 spiro atoms. The molecule has 25 heavy (non-hydrogen) atoms. The predicted octanol–water partition coefficient (Wildman–Crippen LogP) is 8.78. The minimum Gasteiger partial charge on any atom is -0.487 e. The van der Waals surface area contributed by atoms with Crippen LogP contribution in [0.3, 0.4) is 0 Å². The fraction of sp³-hybridized carbons (Fsp3) is 0.957. The summed E-state index contributed by atoms with van der Waals surface area (Å²) in [6.07, 6.45) is 25.7. The summed E-state index contributed by atoms with van der Waals surface area (Å²) >= 11 is 5.28. The summed E-state index contributed by atoms with van der Waals surface area (Å²) in [5, 5.41) is 0.839. The first-order chi connectivity index (χ1) is 12.3. The van der Waals surface area contributed by atoms with Crippen LogP contribution in [-0.2, 0) is 4.74 Å². The second-order valence-electron chi connectivity index (χ2n) is 7.63. The van der Waals surface area contributed by atoms with Gasteiger partial charge in [0.2, 0.25) is 0 Å². The van der Waals surface area contributed by atoms with Gasteiger partial charge in [-0.15, -0.1) is 0 Å². The lowest BCUT2D eigenvalue weighted by molar-refractivity contribution is 0.290. The highest BCUT2D eigenvalue weighted by Crippen LogP contribution is 2.13. The molecule has 0 aliphatic carbocycles. The average molecular weight is 371 g/mol. The van der Waals surface area contributed by atoms with E-state index in [4.69, 9.17) is 17.0 Å². The lowest BCUT2D eigenvalue weighted by Gasteiger charge is -2.07. The van der Waals surface area contributed by atoms with Gasteiger partial charge in [0.1, 0.15) is 0 Å². The lowest BCUT2D eigenvalue weighted by Crippen LogP contribution is -2.03. The van der Waals surface area contributed by atoms with Crippen molar-refractivity contribution in [3.8, 4) is 0 Å². The van der Waals surface area contributed by atoms with Gasteiger partial charge >= 0.3 is 0 Å². The summed E-state index contributed by atoms with van der Waals surface area (Å²) in [7, 11) is 0. The van der Waals surface area contributed by atoms with Crippen molar-refractivity contribution in [3.05, 3.63) is 0 Å². The van der Waals surface area contributed by atoms with E-state index in [1.54, 1.807) is 0 Å². The molecule has 0 heterocycles. The molecule has 0 aliphatic heterocycles. The predicted molar refractivity (Wildman–Crippen MR) is 118 cm³/mol. The Morgan fingerprint density at radius 2 is 0.880 bits per heavy atom. The fourth-order valence-corrected chi connectivity index (χ4v) is 3.48. The van der Waals surface area contributed by atoms with Gasteiger partial charge in [0.05, 0.1) is 6.61 Å². The van der Waals surface area contributed by atoms with Crippen molar-refractivity contribution in [3.63, 3.8) is 0 Å². The maximum absolute atomic E-state index is 5.66. The molecule has 0 aliphatic rings. The third kappa shape index (κ3) is 21.8. The summed E-state index contributed by atoms with van der Waals surface area (Å²) in [5.74, 6) is 0. The molecule has 0 aromatic carbocycles. The van der Waals surface area contributed by atoms with E-state index < -0.39 is 0 Å². The maximum atomic E-state index is 5.66. The van der Waals surface area contributed by atoms with Crippen molar-refractivity contribution in [2.45, 2.75) is 136 Å². The van der Waals surface area contributed by atoms with E-state index in [0.29, 0.717) is 0 Å². The Morgan fingerprint density at radius 3 is 1.32 bits per heavy atom. The quantitative estimate of drug-likeness (QED) is 0.156. The lowest BCUT2D eigenvalue weighted by atomic mass is 10.0. The zero-order chi connectivity index (χ0) is 18.4. The summed E-state index contributed by atoms with van der Waals surface area (Å²) in [6.45, 7) is 5.37. The minimum atomic E-state index is 0.838. The number of thiocarbonyl (C=S) groups is 1. The Balaban J connectivity index is 3.08. The van der Waals surface area contributed by atoms with E-state index in [1.165, 1.54) is 116 Å². The number of hydrogen-bond donors (Lipinski definition) is 0. The van der Waals surface area contributed by atoms with Crippen LogP contribution in [-0.4, -0.2) is 11.7 Å². The van der Waals surface area contributed by atoms with Gasteiger partial charge in [0.15, 0.2) is 5.05 Å². The molecule has 2 heteroatoms. The van der Waals surface area contributed by atoms with Crippen LogP contribution in [0.1, 0.15) is 136 Å². The summed E-state index contributed by atoms with van der Waals surface area (Å²) < 4.78 is 5.66. The Hall–Kier alpha value is -0.110. The first-order valence-electron chi connectivity index (χ1n) is 11.5. The van der Waals surface area contributed by atoms with Crippen molar-refractivity contribution in [2.24, 2.45) is 0 Å². The van der Waals surface area contributed by atoms with Crippen molar-refractivity contribution >= 4 is 17.3 Å². The molecule has 0 unspecified atom stereocenters. The molecule has 0 aromatic heterocycles. The molecule has 0 fully saturated rings. The first kappa shape index (κ1) is 24.9. The van der Waals surface area contributed by atoms with Gasteiger partial charge in [-0.05, 0) is 25.1 Å². The highest BCUT2D eigenvalue weighted by atomic mass is 32.1. The summed E-state index contributed by atoms with van der Waals surface area (Å²) in [5.41, 5.74) is 0. The molecule has 0 amide bonds. The Kier molecular flexibility index (Phi) is 21.8. The molecule has 0 atom stereocenters. The zero-order valence-corrected chi connectivity index (χ0v) is 18.3. The maximum Gasteiger partial charge on any atom is 0.159 e. The molecule has 150 valence electrons. The van der Waals surface area contributed by atoms with Crippen LogP contribution in [0.25, 0.3) is 0 Å². The van der Waals surface area contributed by atoms with E-state index in [0.717, 1.165) is 18.1 Å². The van der Waals surface area contributed by atoms with Crippen LogP contribution < -0.4 is 0 Å². The van der Waals surface area contributed by atoms with Crippen LogP contribution in [0, 0.1) is 0 Å². The van der Waals surface area contributed by atoms with Crippen molar-refractivity contribution in [1.82, 2.24) is 0 Å². The highest BCUT2D eigenvalue weighted by Gasteiger charge is 1.98. The monoisotopic (exact) mass is 370 g/mol. The molecular formula is C23H46OS. The summed E-state index contributed by atoms with van der Waals surface area (Å²) in [6, 6.07) is 0. The first-order valence-corrected chi connectivity index (χ1v) is 11.9. The van der Waals surface area contributed by atoms with Gasteiger partial charge in [0, 0.05) is 6.42 Å². The van der Waals surface area contributed by atoms with Gasteiger partial charge in [-0.1, -0.05) is 117 Å². The number of ether oxygens (including phenoxy) is 1. The van der Waals surface area contributed by atoms with Crippen LogP contribution in [0.2, 0.25) is 0 Å². The molecule has 1 nitrogen and oxygen atoms in total. The number of rotatable bonds is 20. The van der Waals surface area contributed by atoms with E-state index in [1.807, 2.05) is 0 Å². The van der Waals surface area contributed by atoms with Crippen molar-refractivity contribution < 1.29 is 4.74 Å². The minimum absolute atomic E-state index is 0.838. The molecular weight excluding hydrogens is 324 g/mol. The Morgan fingerprint density at radius 1 is 0.520 bits per heavy atom.